The number of aliphatic imine (C=N–C) groups is 1. The Bertz CT molecular complexity index is 538. The molecule has 1 amide bonds. The monoisotopic (exact) mass is 306 g/mol. The summed E-state index contributed by atoms with van der Waals surface area (Å²) >= 11 is 0. The van der Waals surface area contributed by atoms with Crippen LogP contribution in [-0.2, 0) is 11.2 Å². The lowest BCUT2D eigenvalue weighted by molar-refractivity contribution is -0.126. The number of aryl methyl sites for hydroxylation is 1. The molecule has 0 atom stereocenters. The molecule has 0 unspecified atom stereocenters. The molecule has 1 aromatic carbocycles. The zero-order chi connectivity index (χ0) is 13.9. The topological polar surface area (TPSA) is 44.7 Å². The number of hydrogen-bond acceptors (Lipinski definition) is 3. The van der Waals surface area contributed by atoms with Crippen LogP contribution in [-0.4, -0.2) is 29.4 Å². The van der Waals surface area contributed by atoms with E-state index in [-0.39, 0.29) is 24.9 Å². The van der Waals surface area contributed by atoms with Crippen LogP contribution in [0.2, 0.25) is 0 Å². The van der Waals surface area contributed by atoms with Crippen molar-refractivity contribution in [2.45, 2.75) is 45.1 Å². The van der Waals surface area contributed by atoms with Gasteiger partial charge in [0.15, 0.2) is 0 Å². The Morgan fingerprint density at radius 1 is 1.29 bits per heavy atom. The van der Waals surface area contributed by atoms with E-state index in [0.29, 0.717) is 6.04 Å². The van der Waals surface area contributed by atoms with Crippen molar-refractivity contribution in [1.29, 1.82) is 0 Å². The number of anilines is 1. The van der Waals surface area contributed by atoms with Gasteiger partial charge >= 0.3 is 0 Å². The number of amides is 1. The molecule has 1 N–H and O–H groups in total. The molecule has 1 saturated carbocycles. The molecule has 0 bridgehead atoms. The summed E-state index contributed by atoms with van der Waals surface area (Å²) < 4.78 is 0. The highest BCUT2D eigenvalue weighted by Crippen LogP contribution is 2.26. The van der Waals surface area contributed by atoms with Crippen LogP contribution in [0.25, 0.3) is 0 Å². The molecule has 4 nitrogen and oxygen atoms in total. The maximum atomic E-state index is 12.1. The Hall–Kier alpha value is -1.55. The summed E-state index contributed by atoms with van der Waals surface area (Å²) in [6, 6.07) is 8.56. The van der Waals surface area contributed by atoms with Crippen LogP contribution < -0.4 is 17.7 Å². The normalized spacial score (nSPS) is 18.6. The number of carbonyl (C=O) groups is 1. The lowest BCUT2D eigenvalue weighted by Gasteiger charge is -2.26. The lowest BCUT2D eigenvalue weighted by Crippen LogP contribution is -3.00. The molecular weight excluding hydrogens is 286 g/mol. The minimum atomic E-state index is 0. The number of benzene rings is 1. The fourth-order valence-electron chi connectivity index (χ4n) is 3.12. The maximum absolute atomic E-state index is 12.1. The molecule has 0 radical (unpaired) electrons. The fraction of sp³-hybridized carbons (Fsp3) is 0.500. The molecule has 1 fully saturated rings. The minimum Gasteiger partial charge on any atom is -1.00 e. The second kappa shape index (κ2) is 6.94. The molecule has 1 aliphatic heterocycles. The van der Waals surface area contributed by atoms with E-state index in [2.05, 4.69) is 29.4 Å². The molecule has 21 heavy (non-hydrogen) atoms. The predicted octanol–water partition coefficient (Wildman–Crippen LogP) is -0.194. The number of halogens is 1. The zero-order valence-electron chi connectivity index (χ0n) is 12.3. The third-order valence-electron chi connectivity index (χ3n) is 4.20. The fourth-order valence-corrected chi connectivity index (χ4v) is 3.12. The predicted molar refractivity (Wildman–Crippen MR) is 80.8 cm³/mol. The largest absolute Gasteiger partial charge is 1.00 e. The first-order valence-electron chi connectivity index (χ1n) is 7.51. The summed E-state index contributed by atoms with van der Waals surface area (Å²) in [5.41, 5.74) is 2.31. The highest BCUT2D eigenvalue weighted by atomic mass is 35.5. The Labute approximate surface area is 132 Å². The third-order valence-corrected chi connectivity index (χ3v) is 4.20. The Balaban J connectivity index is 0.00000161. The van der Waals surface area contributed by atoms with Crippen LogP contribution in [0.4, 0.5) is 5.69 Å². The Morgan fingerprint density at radius 2 is 2.00 bits per heavy atom. The average molecular weight is 307 g/mol. The summed E-state index contributed by atoms with van der Waals surface area (Å²) in [5.74, 6) is 0.871. The quantitative estimate of drug-likeness (QED) is 0.841. The van der Waals surface area contributed by atoms with Crippen molar-refractivity contribution < 1.29 is 17.2 Å². The van der Waals surface area contributed by atoms with Gasteiger partial charge in [-0.3, -0.25) is 9.69 Å². The van der Waals surface area contributed by atoms with Crippen molar-refractivity contribution >= 4 is 17.6 Å². The molecule has 0 spiro atoms. The van der Waals surface area contributed by atoms with Crippen molar-refractivity contribution in [3.8, 4) is 0 Å². The van der Waals surface area contributed by atoms with Gasteiger partial charge in [0, 0.05) is 11.7 Å². The number of nitrogens with one attached hydrogen (secondary N) is 1. The number of rotatable bonds is 3. The van der Waals surface area contributed by atoms with Gasteiger partial charge in [0.05, 0.1) is 0 Å². The molecule has 1 aliphatic carbocycles. The first-order chi connectivity index (χ1) is 9.79. The second-order valence-electron chi connectivity index (χ2n) is 5.48. The van der Waals surface area contributed by atoms with Crippen LogP contribution in [0, 0.1) is 0 Å². The smallest absolute Gasteiger partial charge is 0.251 e. The summed E-state index contributed by atoms with van der Waals surface area (Å²) in [4.78, 5) is 18.4. The van der Waals surface area contributed by atoms with Crippen molar-refractivity contribution in [3.05, 3.63) is 29.8 Å². The molecule has 114 valence electrons. The molecule has 5 heteroatoms. The lowest BCUT2D eigenvalue weighted by atomic mass is 10.1. The van der Waals surface area contributed by atoms with Crippen molar-refractivity contribution in [1.82, 2.24) is 4.90 Å². The first kappa shape index (κ1) is 15.8. The molecule has 3 rings (SSSR count). The zero-order valence-corrected chi connectivity index (χ0v) is 13.1. The molecule has 1 heterocycles. The summed E-state index contributed by atoms with van der Waals surface area (Å²) in [7, 11) is 0. The van der Waals surface area contributed by atoms with Crippen molar-refractivity contribution in [2.75, 3.05) is 11.9 Å². The van der Waals surface area contributed by atoms with E-state index >= 15 is 0 Å². The molecule has 2 aliphatic rings. The van der Waals surface area contributed by atoms with Crippen molar-refractivity contribution in [2.24, 2.45) is 4.99 Å². The highest BCUT2D eigenvalue weighted by molar-refractivity contribution is 6.09. The summed E-state index contributed by atoms with van der Waals surface area (Å²) in [6.07, 6.45) is 5.60. The first-order valence-corrected chi connectivity index (χ1v) is 7.51. The second-order valence-corrected chi connectivity index (χ2v) is 5.48. The van der Waals surface area contributed by atoms with Gasteiger partial charge < -0.3 is 17.7 Å². The highest BCUT2D eigenvalue weighted by Gasteiger charge is 2.34. The van der Waals surface area contributed by atoms with Gasteiger partial charge in [-0.2, -0.15) is 0 Å². The van der Waals surface area contributed by atoms with Crippen LogP contribution in [0.3, 0.4) is 0 Å². The van der Waals surface area contributed by atoms with Crippen molar-refractivity contribution in [3.63, 3.8) is 0 Å². The van der Waals surface area contributed by atoms with Gasteiger partial charge in [0.2, 0.25) is 5.96 Å². The van der Waals surface area contributed by atoms with Crippen LogP contribution >= 0.6 is 0 Å². The minimum absolute atomic E-state index is 0. The molecule has 0 aromatic heterocycles. The van der Waals surface area contributed by atoms with Crippen LogP contribution in [0.5, 0.6) is 0 Å². The number of guanidine groups is 1. The van der Waals surface area contributed by atoms with Crippen LogP contribution in [0.1, 0.15) is 38.2 Å². The standard InChI is InChI=1S/C16H21N3O.ClH/c1-2-12-7-3-6-10-14(12)18-16-17-11-15(20)19(16)13-8-4-5-9-13;/h3,6-7,10,13H,2,4-5,8-9,11H2,1H3,(H,17,18);1H/p-1. The van der Waals surface area contributed by atoms with E-state index in [0.717, 1.165) is 30.9 Å². The van der Waals surface area contributed by atoms with E-state index in [1.54, 1.807) is 0 Å². The van der Waals surface area contributed by atoms with E-state index in [9.17, 15) is 4.79 Å². The van der Waals surface area contributed by atoms with E-state index in [1.165, 1.54) is 18.4 Å². The third kappa shape index (κ3) is 3.21. The van der Waals surface area contributed by atoms with Gasteiger partial charge in [-0.05, 0) is 30.9 Å². The van der Waals surface area contributed by atoms with E-state index < -0.39 is 0 Å². The number of para-hydroxylation sites is 1. The number of hydrogen-bond donors (Lipinski definition) is 1. The van der Waals surface area contributed by atoms with Gasteiger partial charge in [-0.25, -0.2) is 4.99 Å². The average Bonchev–Trinajstić information content (AvgIpc) is 3.09. The van der Waals surface area contributed by atoms with Crippen LogP contribution in [0.15, 0.2) is 29.3 Å². The molecule has 0 saturated heterocycles. The summed E-state index contributed by atoms with van der Waals surface area (Å²) in [5, 5.41) is 3.37. The Kier molecular flexibility index (Phi) is 5.23. The number of nitrogens with zero attached hydrogens (tertiary/aromatic N) is 2. The van der Waals surface area contributed by atoms with Gasteiger partial charge in [-0.1, -0.05) is 38.0 Å². The molecule has 1 aromatic rings. The SMILES string of the molecule is CCc1ccccc1NC1=NCC(=O)N1C1CCCC1.[Cl-]. The Morgan fingerprint density at radius 3 is 2.71 bits per heavy atom. The van der Waals surface area contributed by atoms with Gasteiger partial charge in [-0.15, -0.1) is 0 Å². The van der Waals surface area contributed by atoms with E-state index in [1.807, 2.05) is 17.0 Å². The van der Waals surface area contributed by atoms with E-state index in [4.69, 9.17) is 0 Å². The maximum Gasteiger partial charge on any atom is 0.251 e. The number of carbonyl (C=O) groups excluding carboxylic acids is 1. The van der Waals surface area contributed by atoms with Gasteiger partial charge in [0.1, 0.15) is 6.54 Å². The molecular formula is C16H21ClN3O-. The summed E-state index contributed by atoms with van der Waals surface area (Å²) in [6.45, 7) is 2.42. The van der Waals surface area contributed by atoms with Gasteiger partial charge in [0.25, 0.3) is 5.91 Å².